The quantitative estimate of drug-likeness (QED) is 0.841. The fraction of sp³-hybridized carbons (Fsp3) is 0.438. The van der Waals surface area contributed by atoms with Gasteiger partial charge in [0.05, 0.1) is 5.02 Å². The van der Waals surface area contributed by atoms with Crippen molar-refractivity contribution in [1.82, 2.24) is 5.32 Å². The van der Waals surface area contributed by atoms with Gasteiger partial charge in [0, 0.05) is 22.4 Å². The van der Waals surface area contributed by atoms with E-state index in [2.05, 4.69) is 24.1 Å². The van der Waals surface area contributed by atoms with Gasteiger partial charge in [-0.3, -0.25) is 4.79 Å². The second-order valence-corrected chi connectivity index (χ2v) is 7.33. The van der Waals surface area contributed by atoms with E-state index in [-0.39, 0.29) is 17.3 Å². The summed E-state index contributed by atoms with van der Waals surface area (Å²) in [7, 11) is 0. The van der Waals surface area contributed by atoms with E-state index in [4.69, 9.17) is 16.7 Å². The predicted molar refractivity (Wildman–Crippen MR) is 87.8 cm³/mol. The van der Waals surface area contributed by atoms with Crippen LogP contribution in [0.2, 0.25) is 5.02 Å². The molecule has 2 rings (SSSR count). The molecule has 0 bridgehead atoms. The first-order valence-electron chi connectivity index (χ1n) is 6.85. The van der Waals surface area contributed by atoms with Crippen molar-refractivity contribution in [2.45, 2.75) is 24.5 Å². The first kappa shape index (κ1) is 16.2. The van der Waals surface area contributed by atoms with Crippen molar-refractivity contribution in [2.75, 3.05) is 18.9 Å². The number of amides is 1. The summed E-state index contributed by atoms with van der Waals surface area (Å²) in [5.74, 6) is 6.33. The topological polar surface area (TPSA) is 49.3 Å². The number of thioether (sulfide) groups is 1. The third-order valence-corrected chi connectivity index (χ3v) is 5.31. The molecule has 0 saturated carbocycles. The number of rotatable bonds is 3. The maximum absolute atomic E-state index is 12.2. The molecule has 1 saturated heterocycles. The lowest BCUT2D eigenvalue weighted by molar-refractivity contribution is 0.0950. The number of aliphatic hydroxyl groups excluding tert-OH is 1. The molecule has 1 atom stereocenters. The first-order chi connectivity index (χ1) is 10.0. The monoisotopic (exact) mass is 323 g/mol. The lowest BCUT2D eigenvalue weighted by Gasteiger charge is -2.22. The van der Waals surface area contributed by atoms with Crippen molar-refractivity contribution < 1.29 is 9.90 Å². The third-order valence-electron chi connectivity index (χ3n) is 3.46. The number of carbonyl (C=O) groups excluding carboxylic acids is 1. The van der Waals surface area contributed by atoms with E-state index >= 15 is 0 Å². The molecule has 1 fully saturated rings. The van der Waals surface area contributed by atoms with E-state index in [1.807, 2.05) is 11.8 Å². The molecular weight excluding hydrogens is 306 g/mol. The van der Waals surface area contributed by atoms with Gasteiger partial charge < -0.3 is 10.4 Å². The van der Waals surface area contributed by atoms with Gasteiger partial charge in [0.1, 0.15) is 6.61 Å². The predicted octanol–water partition coefficient (Wildman–Crippen LogP) is 2.70. The molecule has 0 aromatic heterocycles. The second kappa shape index (κ2) is 7.22. The normalized spacial score (nSPS) is 20.7. The zero-order valence-electron chi connectivity index (χ0n) is 11.9. The van der Waals surface area contributed by atoms with Crippen molar-refractivity contribution in [3.8, 4) is 11.8 Å². The van der Waals surface area contributed by atoms with Gasteiger partial charge in [-0.25, -0.2) is 0 Å². The Morgan fingerprint density at radius 3 is 3.00 bits per heavy atom. The van der Waals surface area contributed by atoms with Crippen LogP contribution in [-0.2, 0) is 0 Å². The Morgan fingerprint density at radius 1 is 1.57 bits per heavy atom. The Balaban J connectivity index is 2.01. The minimum atomic E-state index is -0.213. The van der Waals surface area contributed by atoms with Crippen LogP contribution in [0.15, 0.2) is 18.2 Å². The van der Waals surface area contributed by atoms with Crippen LogP contribution in [0.25, 0.3) is 0 Å². The summed E-state index contributed by atoms with van der Waals surface area (Å²) >= 11 is 8.01. The van der Waals surface area contributed by atoms with Crippen LogP contribution in [0.4, 0.5) is 0 Å². The fourth-order valence-electron chi connectivity index (χ4n) is 2.24. The molecule has 1 heterocycles. The zero-order chi connectivity index (χ0) is 15.3. The number of nitrogens with one attached hydrogen (secondary N) is 1. The van der Waals surface area contributed by atoms with Gasteiger partial charge in [0.15, 0.2) is 0 Å². The number of aliphatic hydroxyl groups is 1. The Kier molecular flexibility index (Phi) is 5.58. The lowest BCUT2D eigenvalue weighted by Crippen LogP contribution is -2.36. The van der Waals surface area contributed by atoms with Gasteiger partial charge in [0.2, 0.25) is 0 Å². The van der Waals surface area contributed by atoms with Crippen LogP contribution < -0.4 is 5.32 Å². The van der Waals surface area contributed by atoms with E-state index in [0.717, 1.165) is 12.2 Å². The summed E-state index contributed by atoms with van der Waals surface area (Å²) in [6, 6.07) is 5.01. The van der Waals surface area contributed by atoms with Crippen LogP contribution >= 0.6 is 23.4 Å². The first-order valence-corrected chi connectivity index (χ1v) is 8.22. The molecule has 0 spiro atoms. The number of hydrogen-bond acceptors (Lipinski definition) is 3. The zero-order valence-corrected chi connectivity index (χ0v) is 13.5. The van der Waals surface area contributed by atoms with Crippen LogP contribution in [0.5, 0.6) is 0 Å². The van der Waals surface area contributed by atoms with E-state index in [0.29, 0.717) is 22.7 Å². The highest BCUT2D eigenvalue weighted by atomic mass is 35.5. The molecule has 1 aliphatic rings. The lowest BCUT2D eigenvalue weighted by atomic mass is 10.1. The maximum Gasteiger partial charge on any atom is 0.251 e. The van der Waals surface area contributed by atoms with Crippen molar-refractivity contribution in [3.63, 3.8) is 0 Å². The Bertz CT molecular complexity index is 586. The molecule has 3 nitrogen and oxygen atoms in total. The summed E-state index contributed by atoms with van der Waals surface area (Å²) in [5.41, 5.74) is 1.14. The SMILES string of the molecule is CC1(CNC(=O)c2ccc(C#CCO)c(Cl)c2)CCCS1. The summed E-state index contributed by atoms with van der Waals surface area (Å²) < 4.78 is 0.145. The largest absolute Gasteiger partial charge is 0.384 e. The smallest absolute Gasteiger partial charge is 0.251 e. The molecule has 1 aromatic rings. The van der Waals surface area contributed by atoms with Crippen LogP contribution in [0.3, 0.4) is 0 Å². The molecule has 1 amide bonds. The molecule has 0 aliphatic carbocycles. The average molecular weight is 324 g/mol. The minimum Gasteiger partial charge on any atom is -0.384 e. The molecule has 1 aliphatic heterocycles. The van der Waals surface area contributed by atoms with E-state index in [1.165, 1.54) is 6.42 Å². The third kappa shape index (κ3) is 4.41. The average Bonchev–Trinajstić information content (AvgIpc) is 2.91. The van der Waals surface area contributed by atoms with Gasteiger partial charge in [0.25, 0.3) is 5.91 Å². The number of hydrogen-bond donors (Lipinski definition) is 2. The minimum absolute atomic E-state index is 0.118. The molecule has 112 valence electrons. The number of halogens is 1. The van der Waals surface area contributed by atoms with Gasteiger partial charge in [-0.15, -0.1) is 0 Å². The summed E-state index contributed by atoms with van der Waals surface area (Å²) in [6.07, 6.45) is 2.34. The summed E-state index contributed by atoms with van der Waals surface area (Å²) in [4.78, 5) is 12.2. The summed E-state index contributed by atoms with van der Waals surface area (Å²) in [6.45, 7) is 2.64. The van der Waals surface area contributed by atoms with Crippen molar-refractivity contribution >= 4 is 29.3 Å². The molecular formula is C16H18ClNO2S. The van der Waals surface area contributed by atoms with Crippen LogP contribution in [-0.4, -0.2) is 34.7 Å². The van der Waals surface area contributed by atoms with E-state index in [9.17, 15) is 4.79 Å². The highest BCUT2D eigenvalue weighted by molar-refractivity contribution is 8.00. The van der Waals surface area contributed by atoms with Crippen LogP contribution in [0, 0.1) is 11.8 Å². The molecule has 5 heteroatoms. The highest BCUT2D eigenvalue weighted by Crippen LogP contribution is 2.37. The molecule has 2 N–H and O–H groups in total. The standard InChI is InChI=1S/C16H18ClNO2S/c1-16(7-3-9-21-16)11-18-15(20)13-6-5-12(4-2-8-19)14(17)10-13/h5-6,10,19H,3,7-9,11H2,1H3,(H,18,20). The fourth-order valence-corrected chi connectivity index (χ4v) is 3.71. The van der Waals surface area contributed by atoms with E-state index in [1.54, 1.807) is 18.2 Å². The Hall–Kier alpha value is -1.15. The highest BCUT2D eigenvalue weighted by Gasteiger charge is 2.29. The molecule has 1 aromatic carbocycles. The van der Waals surface area contributed by atoms with E-state index < -0.39 is 0 Å². The summed E-state index contributed by atoms with van der Waals surface area (Å²) in [5, 5.41) is 12.1. The molecule has 0 radical (unpaired) electrons. The molecule has 1 unspecified atom stereocenters. The molecule has 21 heavy (non-hydrogen) atoms. The maximum atomic E-state index is 12.2. The van der Waals surface area contributed by atoms with Gasteiger partial charge in [-0.2, -0.15) is 11.8 Å². The van der Waals surface area contributed by atoms with Crippen molar-refractivity contribution in [3.05, 3.63) is 34.3 Å². The van der Waals surface area contributed by atoms with Gasteiger partial charge in [-0.1, -0.05) is 23.4 Å². The van der Waals surface area contributed by atoms with Crippen molar-refractivity contribution in [1.29, 1.82) is 0 Å². The van der Waals surface area contributed by atoms with Crippen molar-refractivity contribution in [2.24, 2.45) is 0 Å². The second-order valence-electron chi connectivity index (χ2n) is 5.24. The Labute approximate surface area is 134 Å². The number of carbonyl (C=O) groups is 1. The van der Waals surface area contributed by atoms with Crippen LogP contribution in [0.1, 0.15) is 35.7 Å². The number of benzene rings is 1. The van der Waals surface area contributed by atoms with Gasteiger partial charge >= 0.3 is 0 Å². The Morgan fingerprint density at radius 2 is 2.38 bits per heavy atom. The van der Waals surface area contributed by atoms with Gasteiger partial charge in [-0.05, 0) is 43.7 Å².